The Morgan fingerprint density at radius 1 is 1.00 bits per heavy atom. The van der Waals surface area contributed by atoms with Gasteiger partial charge >= 0.3 is 0 Å². The van der Waals surface area contributed by atoms with Crippen molar-refractivity contribution in [2.75, 3.05) is 48.5 Å². The van der Waals surface area contributed by atoms with Crippen LogP contribution in [-0.2, 0) is 6.42 Å². The van der Waals surface area contributed by atoms with E-state index in [4.69, 9.17) is 9.47 Å². The lowest BCUT2D eigenvalue weighted by Crippen LogP contribution is -2.42. The first-order chi connectivity index (χ1) is 13.6. The predicted octanol–water partition coefficient (Wildman–Crippen LogP) is 3.33. The van der Waals surface area contributed by atoms with Crippen LogP contribution in [0.1, 0.15) is 17.2 Å². The Balaban J connectivity index is 0.00000420. The molecule has 7 heteroatoms. The van der Waals surface area contributed by atoms with Gasteiger partial charge in [0, 0.05) is 20.1 Å². The van der Waals surface area contributed by atoms with Gasteiger partial charge in [-0.2, -0.15) is 0 Å². The number of guanidine groups is 1. The normalized spacial score (nSPS) is 12.1. The summed E-state index contributed by atoms with van der Waals surface area (Å²) < 4.78 is 10.7. The molecule has 0 heterocycles. The van der Waals surface area contributed by atoms with Gasteiger partial charge in [-0.3, -0.25) is 4.99 Å². The summed E-state index contributed by atoms with van der Waals surface area (Å²) in [5.41, 5.74) is 2.46. The molecule has 0 saturated heterocycles. The van der Waals surface area contributed by atoms with E-state index in [9.17, 15) is 0 Å². The lowest BCUT2D eigenvalue weighted by Gasteiger charge is -2.26. The van der Waals surface area contributed by atoms with Crippen LogP contribution in [0.25, 0.3) is 0 Å². The second kappa shape index (κ2) is 13.3. The zero-order valence-corrected chi connectivity index (χ0v) is 20.3. The molecule has 2 aromatic carbocycles. The third kappa shape index (κ3) is 7.74. The molecule has 29 heavy (non-hydrogen) atoms. The van der Waals surface area contributed by atoms with Crippen molar-refractivity contribution in [2.24, 2.45) is 4.99 Å². The zero-order chi connectivity index (χ0) is 20.4. The highest BCUT2D eigenvalue weighted by Gasteiger charge is 2.14. The number of likely N-dealkylation sites (N-methyl/N-ethyl adjacent to an activating group) is 1. The minimum absolute atomic E-state index is 0. The summed E-state index contributed by atoms with van der Waals surface area (Å²) in [5.74, 6) is 2.29. The zero-order valence-electron chi connectivity index (χ0n) is 17.9. The standard InChI is InChI=1S/C22H32N4O2.HI/c1-23-22(25-16-19(26(2)3)18-9-7-6-8-10-18)24-14-13-17-11-12-20(27-4)21(15-17)28-5;/h6-12,15,19H,13-14,16H2,1-5H3,(H2,23,24,25);1H. The van der Waals surface area contributed by atoms with E-state index >= 15 is 0 Å². The number of halogens is 1. The van der Waals surface area contributed by atoms with Crippen molar-refractivity contribution < 1.29 is 9.47 Å². The Labute approximate surface area is 191 Å². The summed E-state index contributed by atoms with van der Waals surface area (Å²) in [6.07, 6.45) is 0.858. The highest BCUT2D eigenvalue weighted by Crippen LogP contribution is 2.27. The highest BCUT2D eigenvalue weighted by molar-refractivity contribution is 14.0. The van der Waals surface area contributed by atoms with Crippen LogP contribution < -0.4 is 20.1 Å². The van der Waals surface area contributed by atoms with E-state index in [2.05, 4.69) is 65.0 Å². The number of rotatable bonds is 9. The molecule has 1 atom stereocenters. The van der Waals surface area contributed by atoms with Crippen LogP contribution in [0.2, 0.25) is 0 Å². The molecule has 0 fully saturated rings. The van der Waals surface area contributed by atoms with Crippen LogP contribution >= 0.6 is 24.0 Å². The number of nitrogens with zero attached hydrogens (tertiary/aromatic N) is 2. The fraction of sp³-hybridized carbons (Fsp3) is 0.409. The van der Waals surface area contributed by atoms with Gasteiger partial charge in [-0.1, -0.05) is 36.4 Å². The molecule has 2 N–H and O–H groups in total. The number of hydrogen-bond donors (Lipinski definition) is 2. The monoisotopic (exact) mass is 512 g/mol. The van der Waals surface area contributed by atoms with Gasteiger partial charge in [0.05, 0.1) is 20.3 Å². The molecule has 2 aromatic rings. The summed E-state index contributed by atoms with van der Waals surface area (Å²) >= 11 is 0. The number of methoxy groups -OCH3 is 2. The lowest BCUT2D eigenvalue weighted by atomic mass is 10.1. The van der Waals surface area contributed by atoms with Crippen LogP contribution in [0.15, 0.2) is 53.5 Å². The molecule has 1 unspecified atom stereocenters. The lowest BCUT2D eigenvalue weighted by molar-refractivity contribution is 0.298. The molecular weight excluding hydrogens is 479 g/mol. The first kappa shape index (κ1) is 25.0. The van der Waals surface area contributed by atoms with Crippen molar-refractivity contribution in [1.29, 1.82) is 0 Å². The number of aliphatic imine (C=N–C) groups is 1. The van der Waals surface area contributed by atoms with Gasteiger partial charge in [-0.05, 0) is 43.8 Å². The Morgan fingerprint density at radius 2 is 1.69 bits per heavy atom. The smallest absolute Gasteiger partial charge is 0.191 e. The first-order valence-corrected chi connectivity index (χ1v) is 9.45. The van der Waals surface area contributed by atoms with Crippen molar-refractivity contribution in [3.63, 3.8) is 0 Å². The third-order valence-corrected chi connectivity index (χ3v) is 4.65. The predicted molar refractivity (Wildman–Crippen MR) is 131 cm³/mol. The van der Waals surface area contributed by atoms with Crippen molar-refractivity contribution in [1.82, 2.24) is 15.5 Å². The molecule has 2 rings (SSSR count). The van der Waals surface area contributed by atoms with E-state index in [1.54, 1.807) is 21.3 Å². The number of ether oxygens (including phenoxy) is 2. The molecule has 0 radical (unpaired) electrons. The topological polar surface area (TPSA) is 58.1 Å². The van der Waals surface area contributed by atoms with Crippen molar-refractivity contribution in [3.8, 4) is 11.5 Å². The van der Waals surface area contributed by atoms with E-state index in [-0.39, 0.29) is 30.0 Å². The summed E-state index contributed by atoms with van der Waals surface area (Å²) in [4.78, 5) is 6.54. The summed E-state index contributed by atoms with van der Waals surface area (Å²) in [7, 11) is 9.27. The SMILES string of the molecule is CN=C(NCCc1ccc(OC)c(OC)c1)NCC(c1ccccc1)N(C)C.I. The van der Waals surface area contributed by atoms with Crippen LogP contribution in [0.4, 0.5) is 0 Å². The number of nitrogens with one attached hydrogen (secondary N) is 2. The molecule has 0 aliphatic rings. The van der Waals surface area contributed by atoms with Crippen LogP contribution in [-0.4, -0.2) is 59.3 Å². The van der Waals surface area contributed by atoms with E-state index < -0.39 is 0 Å². The Hall–Kier alpha value is -2.00. The summed E-state index contributed by atoms with van der Waals surface area (Å²) in [6, 6.07) is 16.8. The molecule has 0 spiro atoms. The van der Waals surface area contributed by atoms with Gasteiger partial charge in [0.1, 0.15) is 0 Å². The molecule has 0 aliphatic carbocycles. The van der Waals surface area contributed by atoms with Crippen molar-refractivity contribution >= 4 is 29.9 Å². The third-order valence-electron chi connectivity index (χ3n) is 4.65. The Bertz CT molecular complexity index is 754. The minimum atomic E-state index is 0. The van der Waals surface area contributed by atoms with E-state index in [0.29, 0.717) is 0 Å². The first-order valence-electron chi connectivity index (χ1n) is 9.45. The Kier molecular flexibility index (Phi) is 11.5. The second-order valence-electron chi connectivity index (χ2n) is 6.71. The van der Waals surface area contributed by atoms with Gasteiger partial charge in [0.2, 0.25) is 0 Å². The number of benzene rings is 2. The summed E-state index contributed by atoms with van der Waals surface area (Å²) in [5, 5.41) is 6.81. The minimum Gasteiger partial charge on any atom is -0.493 e. The van der Waals surface area contributed by atoms with Crippen LogP contribution in [0.3, 0.4) is 0 Å². The molecule has 0 amide bonds. The second-order valence-corrected chi connectivity index (χ2v) is 6.71. The average Bonchev–Trinajstić information content (AvgIpc) is 2.72. The molecule has 160 valence electrons. The van der Waals surface area contributed by atoms with Crippen molar-refractivity contribution in [3.05, 3.63) is 59.7 Å². The molecule has 0 saturated carbocycles. The molecule has 0 aliphatic heterocycles. The fourth-order valence-corrected chi connectivity index (χ4v) is 3.05. The highest BCUT2D eigenvalue weighted by atomic mass is 127. The molecule has 0 bridgehead atoms. The van der Waals surface area contributed by atoms with Crippen molar-refractivity contribution in [2.45, 2.75) is 12.5 Å². The van der Waals surface area contributed by atoms with Gasteiger partial charge in [0.15, 0.2) is 17.5 Å². The van der Waals surface area contributed by atoms with Gasteiger partial charge in [-0.15, -0.1) is 24.0 Å². The average molecular weight is 512 g/mol. The fourth-order valence-electron chi connectivity index (χ4n) is 3.05. The molecule has 0 aromatic heterocycles. The maximum atomic E-state index is 5.37. The molecular formula is C22H33IN4O2. The van der Waals surface area contributed by atoms with E-state index in [1.165, 1.54) is 11.1 Å². The van der Waals surface area contributed by atoms with Crippen LogP contribution in [0.5, 0.6) is 11.5 Å². The quantitative estimate of drug-likeness (QED) is 0.307. The Morgan fingerprint density at radius 3 is 2.28 bits per heavy atom. The summed E-state index contributed by atoms with van der Waals surface area (Å²) in [6.45, 7) is 1.54. The van der Waals surface area contributed by atoms with E-state index in [1.807, 2.05) is 18.2 Å². The maximum absolute atomic E-state index is 5.37. The van der Waals surface area contributed by atoms with E-state index in [0.717, 1.165) is 37.0 Å². The maximum Gasteiger partial charge on any atom is 0.191 e. The van der Waals surface area contributed by atoms with Gasteiger partial charge in [0.25, 0.3) is 0 Å². The van der Waals surface area contributed by atoms with Crippen LogP contribution in [0, 0.1) is 0 Å². The van der Waals surface area contributed by atoms with Gasteiger partial charge < -0.3 is 25.0 Å². The largest absolute Gasteiger partial charge is 0.493 e. The molecule has 6 nitrogen and oxygen atoms in total. The number of hydrogen-bond acceptors (Lipinski definition) is 4. The van der Waals surface area contributed by atoms with Gasteiger partial charge in [-0.25, -0.2) is 0 Å².